The van der Waals surface area contributed by atoms with Crippen molar-refractivity contribution in [2.24, 2.45) is 0 Å². The molecule has 0 saturated heterocycles. The molecule has 2 N–H and O–H groups in total. The fourth-order valence-corrected chi connectivity index (χ4v) is 2.52. The minimum absolute atomic E-state index is 0.226. The third kappa shape index (κ3) is 4.71. The highest BCUT2D eigenvalue weighted by Crippen LogP contribution is 2.32. The summed E-state index contributed by atoms with van der Waals surface area (Å²) in [5.41, 5.74) is 2.74. The molecule has 27 heavy (non-hydrogen) atoms. The number of carbonyl (C=O) groups excluding carboxylic acids is 1. The molecule has 0 aliphatic rings. The molecule has 0 radical (unpaired) electrons. The lowest BCUT2D eigenvalue weighted by atomic mass is 10.2. The average Bonchev–Trinajstić information content (AvgIpc) is 2.70. The van der Waals surface area contributed by atoms with Crippen molar-refractivity contribution in [3.8, 4) is 5.75 Å². The smallest absolute Gasteiger partial charge is 0.272 e. The van der Waals surface area contributed by atoms with Crippen LogP contribution in [0.1, 0.15) is 21.6 Å². The van der Waals surface area contributed by atoms with Gasteiger partial charge in [0, 0.05) is 30.0 Å². The van der Waals surface area contributed by atoms with Gasteiger partial charge < -0.3 is 15.4 Å². The SMILES string of the molecule is COc1cc(Cl)c(C)cc1Nc1ccc(C(=O)NCc2cccnc2)nn1. The predicted molar refractivity (Wildman–Crippen MR) is 103 cm³/mol. The maximum absolute atomic E-state index is 12.2. The highest BCUT2D eigenvalue weighted by atomic mass is 35.5. The first-order valence-corrected chi connectivity index (χ1v) is 8.56. The van der Waals surface area contributed by atoms with Crippen molar-refractivity contribution >= 4 is 29.0 Å². The molecule has 138 valence electrons. The Hall–Kier alpha value is -3.19. The van der Waals surface area contributed by atoms with Crippen LogP contribution in [-0.2, 0) is 6.54 Å². The van der Waals surface area contributed by atoms with E-state index in [-0.39, 0.29) is 11.6 Å². The van der Waals surface area contributed by atoms with E-state index >= 15 is 0 Å². The number of aryl methyl sites for hydroxylation is 1. The third-order valence-corrected chi connectivity index (χ3v) is 4.22. The molecule has 2 aromatic heterocycles. The number of aromatic nitrogens is 3. The zero-order chi connectivity index (χ0) is 19.2. The molecule has 8 heteroatoms. The summed E-state index contributed by atoms with van der Waals surface area (Å²) in [6, 6.07) is 10.6. The van der Waals surface area contributed by atoms with Crippen LogP contribution in [-0.4, -0.2) is 28.2 Å². The van der Waals surface area contributed by atoms with E-state index in [2.05, 4.69) is 25.8 Å². The van der Waals surface area contributed by atoms with Gasteiger partial charge >= 0.3 is 0 Å². The van der Waals surface area contributed by atoms with Crippen molar-refractivity contribution in [2.45, 2.75) is 13.5 Å². The Bertz CT molecular complexity index is 933. The van der Waals surface area contributed by atoms with Crippen molar-refractivity contribution in [1.82, 2.24) is 20.5 Å². The molecule has 0 bridgehead atoms. The molecular weight excluding hydrogens is 366 g/mol. The van der Waals surface area contributed by atoms with Gasteiger partial charge in [-0.25, -0.2) is 0 Å². The Kier molecular flexibility index (Phi) is 5.83. The van der Waals surface area contributed by atoms with E-state index in [1.165, 1.54) is 0 Å². The molecule has 0 saturated carbocycles. The van der Waals surface area contributed by atoms with Crippen molar-refractivity contribution in [2.75, 3.05) is 12.4 Å². The molecule has 0 aliphatic carbocycles. The summed E-state index contributed by atoms with van der Waals surface area (Å²) in [7, 11) is 1.56. The third-order valence-electron chi connectivity index (χ3n) is 3.82. The molecule has 0 aliphatic heterocycles. The van der Waals surface area contributed by atoms with E-state index in [0.29, 0.717) is 28.8 Å². The molecular formula is C19H18ClN5O2. The van der Waals surface area contributed by atoms with E-state index in [1.54, 1.807) is 37.7 Å². The minimum atomic E-state index is -0.308. The van der Waals surface area contributed by atoms with Gasteiger partial charge in [-0.3, -0.25) is 9.78 Å². The second kappa shape index (κ2) is 8.46. The average molecular weight is 384 g/mol. The van der Waals surface area contributed by atoms with Gasteiger partial charge in [-0.2, -0.15) is 0 Å². The fraction of sp³-hybridized carbons (Fsp3) is 0.158. The number of nitrogens with one attached hydrogen (secondary N) is 2. The Morgan fingerprint density at radius 1 is 1.22 bits per heavy atom. The van der Waals surface area contributed by atoms with Crippen LogP contribution >= 0.6 is 11.6 Å². The van der Waals surface area contributed by atoms with Crippen LogP contribution in [0.2, 0.25) is 5.02 Å². The van der Waals surface area contributed by atoms with E-state index in [1.807, 2.05) is 25.1 Å². The number of pyridine rings is 1. The maximum Gasteiger partial charge on any atom is 0.272 e. The number of hydrogen-bond acceptors (Lipinski definition) is 6. The number of carbonyl (C=O) groups is 1. The molecule has 1 amide bonds. The molecule has 3 rings (SSSR count). The van der Waals surface area contributed by atoms with Crippen LogP contribution in [0.4, 0.5) is 11.5 Å². The number of halogens is 1. The number of anilines is 2. The first-order valence-electron chi connectivity index (χ1n) is 8.19. The van der Waals surface area contributed by atoms with Gasteiger partial charge in [0.1, 0.15) is 5.75 Å². The summed E-state index contributed by atoms with van der Waals surface area (Å²) < 4.78 is 5.32. The summed E-state index contributed by atoms with van der Waals surface area (Å²) >= 11 is 6.11. The zero-order valence-corrected chi connectivity index (χ0v) is 15.6. The van der Waals surface area contributed by atoms with Crippen molar-refractivity contribution in [3.05, 3.63) is 70.6 Å². The molecule has 0 atom stereocenters. The topological polar surface area (TPSA) is 89.0 Å². The predicted octanol–water partition coefficient (Wildman–Crippen LogP) is 3.52. The van der Waals surface area contributed by atoms with Gasteiger partial charge in [0.2, 0.25) is 0 Å². The molecule has 3 aromatic rings. The monoisotopic (exact) mass is 383 g/mol. The van der Waals surface area contributed by atoms with Gasteiger partial charge in [0.05, 0.1) is 12.8 Å². The minimum Gasteiger partial charge on any atom is -0.495 e. The Balaban J connectivity index is 1.67. The van der Waals surface area contributed by atoms with Crippen LogP contribution in [0.5, 0.6) is 5.75 Å². The normalized spacial score (nSPS) is 10.3. The van der Waals surface area contributed by atoms with Crippen molar-refractivity contribution in [3.63, 3.8) is 0 Å². The number of hydrogen-bond donors (Lipinski definition) is 2. The number of ether oxygens (including phenoxy) is 1. The zero-order valence-electron chi connectivity index (χ0n) is 14.9. The molecule has 0 unspecified atom stereocenters. The standard InChI is InChI=1S/C19H18ClN5O2/c1-12-8-16(17(27-2)9-14(12)20)23-18-6-5-15(24-25-18)19(26)22-11-13-4-3-7-21-10-13/h3-10H,11H2,1-2H3,(H,22,26)(H,23,25). The van der Waals surface area contributed by atoms with Gasteiger partial charge in [-0.15, -0.1) is 10.2 Å². The van der Waals surface area contributed by atoms with Crippen molar-refractivity contribution < 1.29 is 9.53 Å². The lowest BCUT2D eigenvalue weighted by Crippen LogP contribution is -2.24. The molecule has 0 spiro atoms. The quantitative estimate of drug-likeness (QED) is 0.677. The summed E-state index contributed by atoms with van der Waals surface area (Å²) in [6.07, 6.45) is 3.38. The largest absolute Gasteiger partial charge is 0.495 e. The van der Waals surface area contributed by atoms with Crippen LogP contribution in [0.3, 0.4) is 0 Å². The molecule has 0 fully saturated rings. The molecule has 2 heterocycles. The lowest BCUT2D eigenvalue weighted by Gasteiger charge is -2.12. The molecule has 1 aromatic carbocycles. The Morgan fingerprint density at radius 2 is 2.07 bits per heavy atom. The lowest BCUT2D eigenvalue weighted by molar-refractivity contribution is 0.0945. The van der Waals surface area contributed by atoms with Crippen LogP contribution in [0.15, 0.2) is 48.8 Å². The Labute approximate surface area is 161 Å². The molecule has 7 nitrogen and oxygen atoms in total. The number of amides is 1. The van der Waals surface area contributed by atoms with Crippen LogP contribution in [0.25, 0.3) is 0 Å². The van der Waals surface area contributed by atoms with E-state index in [0.717, 1.165) is 11.1 Å². The van der Waals surface area contributed by atoms with Gasteiger partial charge in [-0.1, -0.05) is 17.7 Å². The summed E-state index contributed by atoms with van der Waals surface area (Å²) in [6.45, 7) is 2.27. The van der Waals surface area contributed by atoms with Gasteiger partial charge in [0.25, 0.3) is 5.91 Å². The van der Waals surface area contributed by atoms with E-state index in [4.69, 9.17) is 16.3 Å². The number of benzene rings is 1. The summed E-state index contributed by atoms with van der Waals surface area (Å²) in [5.74, 6) is 0.766. The van der Waals surface area contributed by atoms with E-state index in [9.17, 15) is 4.79 Å². The summed E-state index contributed by atoms with van der Waals surface area (Å²) in [4.78, 5) is 16.2. The second-order valence-corrected chi connectivity index (χ2v) is 6.18. The van der Waals surface area contributed by atoms with Crippen LogP contribution < -0.4 is 15.4 Å². The second-order valence-electron chi connectivity index (χ2n) is 5.77. The fourth-order valence-electron chi connectivity index (χ4n) is 2.36. The number of nitrogens with zero attached hydrogens (tertiary/aromatic N) is 3. The summed E-state index contributed by atoms with van der Waals surface area (Å²) in [5, 5.41) is 14.5. The first-order chi connectivity index (χ1) is 13.1. The van der Waals surface area contributed by atoms with Crippen molar-refractivity contribution in [1.29, 1.82) is 0 Å². The number of rotatable bonds is 6. The van der Waals surface area contributed by atoms with Gasteiger partial charge in [-0.05, 0) is 42.3 Å². The number of methoxy groups -OCH3 is 1. The van der Waals surface area contributed by atoms with Crippen LogP contribution in [0, 0.1) is 6.92 Å². The first kappa shape index (κ1) is 18.6. The highest BCUT2D eigenvalue weighted by molar-refractivity contribution is 6.31. The van der Waals surface area contributed by atoms with E-state index < -0.39 is 0 Å². The highest BCUT2D eigenvalue weighted by Gasteiger charge is 2.11. The Morgan fingerprint density at radius 3 is 2.74 bits per heavy atom. The maximum atomic E-state index is 12.2. The van der Waals surface area contributed by atoms with Gasteiger partial charge in [0.15, 0.2) is 11.5 Å².